The molecule has 0 aromatic heterocycles. The van der Waals surface area contributed by atoms with Gasteiger partial charge >= 0.3 is 5.97 Å². The van der Waals surface area contributed by atoms with Gasteiger partial charge in [0.1, 0.15) is 6.04 Å². The van der Waals surface area contributed by atoms with Crippen LogP contribution in [0.2, 0.25) is 0 Å². The summed E-state index contributed by atoms with van der Waals surface area (Å²) in [7, 11) is 1.32. The first kappa shape index (κ1) is 15.0. The number of carbonyl (C=O) groups excluding carboxylic acids is 2. The summed E-state index contributed by atoms with van der Waals surface area (Å²) in [5.41, 5.74) is 0.397. The van der Waals surface area contributed by atoms with Crippen molar-refractivity contribution in [3.8, 4) is 0 Å². The van der Waals surface area contributed by atoms with E-state index in [9.17, 15) is 9.59 Å². The normalized spacial score (nSPS) is 22.1. The molecule has 1 aliphatic carbocycles. The number of hydrogen-bond acceptors (Lipinski definition) is 4. The average molecular weight is 256 g/mol. The molecule has 0 aromatic rings. The summed E-state index contributed by atoms with van der Waals surface area (Å²) < 4.78 is 4.68. The van der Waals surface area contributed by atoms with Gasteiger partial charge in [0.25, 0.3) is 0 Å². The van der Waals surface area contributed by atoms with Gasteiger partial charge in [0.2, 0.25) is 5.91 Å². The van der Waals surface area contributed by atoms with E-state index < -0.39 is 12.0 Å². The van der Waals surface area contributed by atoms with E-state index in [1.807, 2.05) is 0 Å². The van der Waals surface area contributed by atoms with Gasteiger partial charge in [-0.25, -0.2) is 4.79 Å². The molecular weight excluding hydrogens is 232 g/mol. The largest absolute Gasteiger partial charge is 0.467 e. The van der Waals surface area contributed by atoms with E-state index in [2.05, 4.69) is 43.1 Å². The van der Waals surface area contributed by atoms with Crippen LogP contribution in [0.4, 0.5) is 0 Å². The van der Waals surface area contributed by atoms with Crippen molar-refractivity contribution in [2.45, 2.75) is 46.7 Å². The lowest BCUT2D eigenvalue weighted by atomic mass is 10.0. The number of methoxy groups -OCH3 is 1. The van der Waals surface area contributed by atoms with Gasteiger partial charge in [0.05, 0.1) is 7.11 Å². The molecule has 1 saturated carbocycles. The molecule has 1 aliphatic rings. The zero-order valence-corrected chi connectivity index (χ0v) is 12.1. The fourth-order valence-electron chi connectivity index (χ4n) is 2.52. The zero-order valence-electron chi connectivity index (χ0n) is 12.1. The number of carbonyl (C=O) groups is 2. The Morgan fingerprint density at radius 2 is 1.72 bits per heavy atom. The first-order chi connectivity index (χ1) is 8.14. The topological polar surface area (TPSA) is 67.4 Å². The van der Waals surface area contributed by atoms with Crippen LogP contribution in [-0.2, 0) is 14.3 Å². The smallest absolute Gasteiger partial charge is 0.329 e. The van der Waals surface area contributed by atoms with Crippen LogP contribution in [0.5, 0.6) is 0 Å². The molecule has 1 unspecified atom stereocenters. The molecule has 1 amide bonds. The number of ether oxygens (including phenoxy) is 1. The number of amides is 1. The minimum atomic E-state index is -0.625. The fourth-order valence-corrected chi connectivity index (χ4v) is 2.52. The minimum absolute atomic E-state index is 0.198. The van der Waals surface area contributed by atoms with Crippen LogP contribution in [0.1, 0.15) is 34.6 Å². The van der Waals surface area contributed by atoms with E-state index in [1.54, 1.807) is 0 Å². The molecule has 0 aliphatic heterocycles. The molecule has 0 spiro atoms. The van der Waals surface area contributed by atoms with E-state index in [0.717, 1.165) is 0 Å². The minimum Gasteiger partial charge on any atom is -0.467 e. The van der Waals surface area contributed by atoms with Crippen LogP contribution in [0, 0.1) is 10.8 Å². The van der Waals surface area contributed by atoms with Crippen molar-refractivity contribution in [2.75, 3.05) is 13.7 Å². The summed E-state index contributed by atoms with van der Waals surface area (Å²) in [6.07, 6.45) is 0. The Bertz CT molecular complexity index is 336. The molecular formula is C13H24N2O3. The molecule has 1 fully saturated rings. The van der Waals surface area contributed by atoms with Crippen molar-refractivity contribution in [1.82, 2.24) is 10.6 Å². The standard InChI is InChI=1S/C13H24N2O3/c1-8(16)15-9(10(17)18-6)7-14-11-12(2,3)13(11,4)5/h9,11,14H,7H2,1-6H3,(H,15,16). The Morgan fingerprint density at radius 1 is 1.22 bits per heavy atom. The van der Waals surface area contributed by atoms with Gasteiger partial charge in [-0.05, 0) is 10.8 Å². The monoisotopic (exact) mass is 256 g/mol. The third kappa shape index (κ3) is 2.66. The van der Waals surface area contributed by atoms with Crippen molar-refractivity contribution in [3.05, 3.63) is 0 Å². The van der Waals surface area contributed by atoms with Gasteiger partial charge in [-0.1, -0.05) is 27.7 Å². The molecule has 5 heteroatoms. The highest BCUT2D eigenvalue weighted by molar-refractivity contribution is 5.83. The molecule has 0 heterocycles. The van der Waals surface area contributed by atoms with Crippen molar-refractivity contribution < 1.29 is 14.3 Å². The maximum atomic E-state index is 11.5. The van der Waals surface area contributed by atoms with E-state index >= 15 is 0 Å². The van der Waals surface area contributed by atoms with Crippen molar-refractivity contribution >= 4 is 11.9 Å². The van der Waals surface area contributed by atoms with E-state index in [0.29, 0.717) is 12.6 Å². The molecule has 0 aromatic carbocycles. The first-order valence-electron chi connectivity index (χ1n) is 6.23. The lowest BCUT2D eigenvalue weighted by Crippen LogP contribution is -2.48. The van der Waals surface area contributed by atoms with Crippen LogP contribution in [0.3, 0.4) is 0 Å². The molecule has 0 radical (unpaired) electrons. The summed E-state index contributed by atoms with van der Waals surface area (Å²) in [5.74, 6) is -0.657. The van der Waals surface area contributed by atoms with Crippen LogP contribution in [-0.4, -0.2) is 37.6 Å². The maximum absolute atomic E-state index is 11.5. The first-order valence-corrected chi connectivity index (χ1v) is 6.23. The van der Waals surface area contributed by atoms with Gasteiger partial charge < -0.3 is 15.4 Å². The van der Waals surface area contributed by atoms with Crippen LogP contribution >= 0.6 is 0 Å². The van der Waals surface area contributed by atoms with E-state index in [4.69, 9.17) is 0 Å². The molecule has 2 N–H and O–H groups in total. The Labute approximate surface area is 109 Å². The number of rotatable bonds is 5. The van der Waals surface area contributed by atoms with Crippen LogP contribution in [0.15, 0.2) is 0 Å². The number of hydrogen-bond donors (Lipinski definition) is 2. The Kier molecular flexibility index (Phi) is 4.05. The highest BCUT2D eigenvalue weighted by atomic mass is 16.5. The highest BCUT2D eigenvalue weighted by Gasteiger charge is 2.64. The molecule has 1 rings (SSSR count). The lowest BCUT2D eigenvalue weighted by molar-refractivity contribution is -0.144. The average Bonchev–Trinajstić information content (AvgIpc) is 2.63. The second kappa shape index (κ2) is 4.88. The summed E-state index contributed by atoms with van der Waals surface area (Å²) in [5, 5.41) is 5.93. The van der Waals surface area contributed by atoms with E-state index in [1.165, 1.54) is 14.0 Å². The summed E-state index contributed by atoms with van der Waals surface area (Å²) in [4.78, 5) is 22.6. The zero-order chi connectivity index (χ0) is 14.1. The van der Waals surface area contributed by atoms with Gasteiger partial charge in [0.15, 0.2) is 0 Å². The molecule has 0 bridgehead atoms. The summed E-state index contributed by atoms with van der Waals surface area (Å²) in [6.45, 7) is 10.5. The highest BCUT2D eigenvalue weighted by Crippen LogP contribution is 2.62. The van der Waals surface area contributed by atoms with Gasteiger partial charge in [0, 0.05) is 19.5 Å². The fraction of sp³-hybridized carbons (Fsp3) is 0.846. The molecule has 104 valence electrons. The van der Waals surface area contributed by atoms with E-state index in [-0.39, 0.29) is 16.7 Å². The van der Waals surface area contributed by atoms with Crippen molar-refractivity contribution in [1.29, 1.82) is 0 Å². The quantitative estimate of drug-likeness (QED) is 0.710. The molecule has 0 saturated heterocycles. The summed E-state index contributed by atoms with van der Waals surface area (Å²) >= 11 is 0. The van der Waals surface area contributed by atoms with Gasteiger partial charge in [-0.3, -0.25) is 4.79 Å². The number of nitrogens with one attached hydrogen (secondary N) is 2. The van der Waals surface area contributed by atoms with Crippen LogP contribution in [0.25, 0.3) is 0 Å². The maximum Gasteiger partial charge on any atom is 0.329 e. The second-order valence-electron chi connectivity index (χ2n) is 6.06. The number of esters is 1. The van der Waals surface area contributed by atoms with Crippen LogP contribution < -0.4 is 10.6 Å². The van der Waals surface area contributed by atoms with Gasteiger partial charge in [-0.15, -0.1) is 0 Å². The third-order valence-electron chi connectivity index (χ3n) is 4.41. The predicted octanol–water partition coefficient (Wildman–Crippen LogP) is 0.688. The Hall–Kier alpha value is -1.10. The molecule has 5 nitrogen and oxygen atoms in total. The third-order valence-corrected chi connectivity index (χ3v) is 4.41. The molecule has 1 atom stereocenters. The SMILES string of the molecule is COC(=O)C(CNC1C(C)(C)C1(C)C)NC(C)=O. The summed E-state index contributed by atoms with van der Waals surface area (Å²) in [6, 6.07) is -0.286. The lowest BCUT2D eigenvalue weighted by Gasteiger charge is -2.17. The predicted molar refractivity (Wildman–Crippen MR) is 69.0 cm³/mol. The Balaban J connectivity index is 2.54. The van der Waals surface area contributed by atoms with Crippen molar-refractivity contribution in [3.63, 3.8) is 0 Å². The molecule has 18 heavy (non-hydrogen) atoms. The van der Waals surface area contributed by atoms with Gasteiger partial charge in [-0.2, -0.15) is 0 Å². The van der Waals surface area contributed by atoms with Crippen molar-refractivity contribution in [2.24, 2.45) is 10.8 Å². The Morgan fingerprint density at radius 3 is 2.06 bits per heavy atom. The second-order valence-corrected chi connectivity index (χ2v) is 6.06.